The number of benzene rings is 1. The fourth-order valence-corrected chi connectivity index (χ4v) is 2.76. The lowest BCUT2D eigenvalue weighted by atomic mass is 10.2. The van der Waals surface area contributed by atoms with Crippen molar-refractivity contribution in [2.45, 2.75) is 44.6 Å². The quantitative estimate of drug-likeness (QED) is 0.818. The highest BCUT2D eigenvalue weighted by molar-refractivity contribution is 5.21. The lowest BCUT2D eigenvalue weighted by molar-refractivity contribution is 0.0390. The van der Waals surface area contributed by atoms with Gasteiger partial charge in [0, 0.05) is 0 Å². The fraction of sp³-hybridized carbons (Fsp3) is 0.500. The van der Waals surface area contributed by atoms with Crippen molar-refractivity contribution >= 4 is 6.01 Å². The number of ether oxygens (including phenoxy) is 1. The van der Waals surface area contributed by atoms with Crippen LogP contribution in [0.1, 0.15) is 30.7 Å². The summed E-state index contributed by atoms with van der Waals surface area (Å²) in [5, 5.41) is 14.3. The summed E-state index contributed by atoms with van der Waals surface area (Å²) in [6.07, 6.45) is 3.44. The number of aromatic nitrogens is 2. The average Bonchev–Trinajstić information content (AvgIpc) is 3.17. The van der Waals surface area contributed by atoms with Crippen LogP contribution in [-0.4, -0.2) is 29.4 Å². The van der Waals surface area contributed by atoms with E-state index in [1.54, 1.807) is 0 Å². The predicted molar refractivity (Wildman–Crippen MR) is 83.3 cm³/mol. The van der Waals surface area contributed by atoms with Crippen LogP contribution in [0.3, 0.4) is 0 Å². The zero-order chi connectivity index (χ0) is 15.2. The molecule has 6 heteroatoms. The minimum Gasteiger partial charge on any atom is -0.407 e. The molecule has 0 spiro atoms. The topological polar surface area (TPSA) is 72.2 Å². The molecule has 1 saturated carbocycles. The molecule has 118 valence electrons. The summed E-state index contributed by atoms with van der Waals surface area (Å²) in [6.45, 7) is 1.21. The van der Waals surface area contributed by atoms with Crippen LogP contribution < -0.4 is 10.6 Å². The fourth-order valence-electron chi connectivity index (χ4n) is 2.76. The highest BCUT2D eigenvalue weighted by Gasteiger charge is 2.29. The summed E-state index contributed by atoms with van der Waals surface area (Å²) in [5.74, 6) is 0.588. The Labute approximate surface area is 130 Å². The van der Waals surface area contributed by atoms with Gasteiger partial charge >= 0.3 is 6.01 Å². The van der Waals surface area contributed by atoms with Gasteiger partial charge in [-0.25, -0.2) is 0 Å². The Morgan fingerprint density at radius 1 is 1.23 bits per heavy atom. The summed E-state index contributed by atoms with van der Waals surface area (Å²) in [6, 6.07) is 11.0. The Morgan fingerprint density at radius 3 is 2.91 bits per heavy atom. The highest BCUT2D eigenvalue weighted by atomic mass is 16.5. The molecule has 2 N–H and O–H groups in total. The van der Waals surface area contributed by atoms with Gasteiger partial charge in [-0.3, -0.25) is 0 Å². The van der Waals surface area contributed by atoms with E-state index in [0.29, 0.717) is 25.1 Å². The molecule has 1 aromatic carbocycles. The van der Waals surface area contributed by atoms with E-state index >= 15 is 0 Å². The molecule has 1 heterocycles. The molecular weight excluding hydrogens is 280 g/mol. The van der Waals surface area contributed by atoms with E-state index in [-0.39, 0.29) is 12.1 Å². The van der Waals surface area contributed by atoms with Crippen molar-refractivity contribution in [2.24, 2.45) is 0 Å². The molecule has 22 heavy (non-hydrogen) atoms. The third kappa shape index (κ3) is 3.84. The van der Waals surface area contributed by atoms with Crippen molar-refractivity contribution in [2.75, 3.05) is 12.4 Å². The maximum absolute atomic E-state index is 6.06. The first kappa shape index (κ1) is 15.0. The Hall–Kier alpha value is -1.92. The van der Waals surface area contributed by atoms with Gasteiger partial charge in [0.25, 0.3) is 0 Å². The third-order valence-corrected chi connectivity index (χ3v) is 3.86. The number of nitrogens with one attached hydrogen (secondary N) is 2. The number of nitrogens with zero attached hydrogens (tertiary/aromatic N) is 2. The average molecular weight is 302 g/mol. The lowest BCUT2D eigenvalue weighted by Crippen LogP contribution is -2.30. The monoisotopic (exact) mass is 302 g/mol. The van der Waals surface area contributed by atoms with Crippen molar-refractivity contribution in [3.8, 4) is 0 Å². The molecular formula is C16H22N4O2. The Morgan fingerprint density at radius 2 is 2.09 bits per heavy atom. The summed E-state index contributed by atoms with van der Waals surface area (Å²) >= 11 is 0. The Bertz CT molecular complexity index is 573. The Kier molecular flexibility index (Phi) is 5.03. The van der Waals surface area contributed by atoms with Crippen LogP contribution in [0.5, 0.6) is 0 Å². The second-order valence-corrected chi connectivity index (χ2v) is 5.55. The van der Waals surface area contributed by atoms with E-state index in [0.717, 1.165) is 19.3 Å². The van der Waals surface area contributed by atoms with Crippen molar-refractivity contribution < 1.29 is 9.15 Å². The molecule has 0 aliphatic heterocycles. The third-order valence-electron chi connectivity index (χ3n) is 3.86. The molecule has 0 bridgehead atoms. The van der Waals surface area contributed by atoms with Crippen LogP contribution >= 0.6 is 0 Å². The van der Waals surface area contributed by atoms with Gasteiger partial charge in [-0.2, -0.15) is 0 Å². The van der Waals surface area contributed by atoms with Crippen molar-refractivity contribution in [3.63, 3.8) is 0 Å². The molecule has 2 aromatic rings. The molecule has 0 radical (unpaired) electrons. The maximum Gasteiger partial charge on any atom is 0.315 e. The molecule has 6 nitrogen and oxygen atoms in total. The van der Waals surface area contributed by atoms with Crippen LogP contribution in [0.25, 0.3) is 0 Å². The van der Waals surface area contributed by atoms with Crippen molar-refractivity contribution in [1.29, 1.82) is 0 Å². The number of hydrogen-bond donors (Lipinski definition) is 2. The van der Waals surface area contributed by atoms with Crippen LogP contribution in [0, 0.1) is 0 Å². The minimum absolute atomic E-state index is 0.180. The first-order chi connectivity index (χ1) is 10.8. The van der Waals surface area contributed by atoms with E-state index < -0.39 is 0 Å². The van der Waals surface area contributed by atoms with Gasteiger partial charge in [-0.05, 0) is 31.9 Å². The molecule has 0 saturated heterocycles. The zero-order valence-corrected chi connectivity index (χ0v) is 12.8. The van der Waals surface area contributed by atoms with Crippen molar-refractivity contribution in [1.82, 2.24) is 15.5 Å². The zero-order valence-electron chi connectivity index (χ0n) is 12.8. The van der Waals surface area contributed by atoms with Gasteiger partial charge in [0.05, 0.1) is 25.3 Å². The van der Waals surface area contributed by atoms with Crippen LogP contribution in [-0.2, 0) is 17.9 Å². The van der Waals surface area contributed by atoms with Crippen molar-refractivity contribution in [3.05, 3.63) is 41.8 Å². The van der Waals surface area contributed by atoms with Crippen LogP contribution in [0.2, 0.25) is 0 Å². The number of anilines is 1. The standard InChI is InChI=1S/C16H22N4O2/c1-17-10-15-19-20-16(22-15)18-13-8-5-9-14(13)21-11-12-6-3-2-4-7-12/h2-4,6-7,13-14,17H,5,8-11H2,1H3,(H,18,20)/t13-,14-/m1/s1. The molecule has 1 fully saturated rings. The highest BCUT2D eigenvalue weighted by Crippen LogP contribution is 2.26. The van der Waals surface area contributed by atoms with E-state index in [2.05, 4.69) is 33.0 Å². The lowest BCUT2D eigenvalue weighted by Gasteiger charge is -2.20. The molecule has 3 rings (SSSR count). The molecule has 1 aromatic heterocycles. The summed E-state index contributed by atoms with van der Waals surface area (Å²) < 4.78 is 11.6. The largest absolute Gasteiger partial charge is 0.407 e. The minimum atomic E-state index is 0.180. The van der Waals surface area contributed by atoms with Crippen LogP contribution in [0.15, 0.2) is 34.7 Å². The predicted octanol–water partition coefficient (Wildman–Crippen LogP) is 2.34. The first-order valence-corrected chi connectivity index (χ1v) is 7.74. The second-order valence-electron chi connectivity index (χ2n) is 5.55. The molecule has 2 atom stereocenters. The Balaban J connectivity index is 1.53. The second kappa shape index (κ2) is 7.38. The normalized spacial score (nSPS) is 21.1. The molecule has 1 aliphatic carbocycles. The van der Waals surface area contributed by atoms with Gasteiger partial charge < -0.3 is 19.8 Å². The maximum atomic E-state index is 6.06. The number of rotatable bonds is 7. The number of hydrogen-bond acceptors (Lipinski definition) is 6. The first-order valence-electron chi connectivity index (χ1n) is 7.74. The van der Waals surface area contributed by atoms with Crippen LogP contribution in [0.4, 0.5) is 6.01 Å². The van der Waals surface area contributed by atoms with E-state index in [1.807, 2.05) is 25.2 Å². The van der Waals surface area contributed by atoms with E-state index in [9.17, 15) is 0 Å². The SMILES string of the molecule is CNCc1nnc(N[C@@H]2CCC[C@H]2OCc2ccccc2)o1. The van der Waals surface area contributed by atoms with Gasteiger partial charge in [-0.1, -0.05) is 35.4 Å². The molecule has 0 unspecified atom stereocenters. The summed E-state index contributed by atoms with van der Waals surface area (Å²) in [7, 11) is 1.85. The van der Waals surface area contributed by atoms with Gasteiger partial charge in [0.2, 0.25) is 5.89 Å². The van der Waals surface area contributed by atoms with E-state index in [4.69, 9.17) is 9.15 Å². The molecule has 0 amide bonds. The smallest absolute Gasteiger partial charge is 0.315 e. The van der Waals surface area contributed by atoms with E-state index in [1.165, 1.54) is 5.56 Å². The summed E-state index contributed by atoms with van der Waals surface area (Å²) in [4.78, 5) is 0. The summed E-state index contributed by atoms with van der Waals surface area (Å²) in [5.41, 5.74) is 1.20. The molecule has 1 aliphatic rings. The van der Waals surface area contributed by atoms with Gasteiger partial charge in [-0.15, -0.1) is 5.10 Å². The van der Waals surface area contributed by atoms with Gasteiger partial charge in [0.15, 0.2) is 0 Å². The van der Waals surface area contributed by atoms with Gasteiger partial charge in [0.1, 0.15) is 0 Å².